The fourth-order valence-corrected chi connectivity index (χ4v) is 1.20. The van der Waals surface area contributed by atoms with Crippen LogP contribution >= 0.6 is 0 Å². The first-order valence-corrected chi connectivity index (χ1v) is 4.56. The molecule has 0 saturated heterocycles. The zero-order valence-electron chi connectivity index (χ0n) is 8.25. The van der Waals surface area contributed by atoms with Crippen LogP contribution in [0, 0.1) is 0 Å². The van der Waals surface area contributed by atoms with Gasteiger partial charge in [-0.05, 0) is 6.07 Å². The molecule has 6 nitrogen and oxygen atoms in total. The Morgan fingerprint density at radius 3 is 2.94 bits per heavy atom. The topological polar surface area (TPSA) is 88.2 Å². The molecule has 82 valence electrons. The molecular formula is C10H9N3O3. The van der Waals surface area contributed by atoms with Crippen molar-refractivity contribution < 1.29 is 14.3 Å². The first-order valence-electron chi connectivity index (χ1n) is 4.56. The molecule has 0 bridgehead atoms. The van der Waals surface area contributed by atoms with Crippen LogP contribution in [0.5, 0.6) is 0 Å². The van der Waals surface area contributed by atoms with Gasteiger partial charge in [0.15, 0.2) is 11.5 Å². The molecule has 0 atom stereocenters. The maximum atomic E-state index is 10.8. The number of aromatic nitrogens is 2. The van der Waals surface area contributed by atoms with Crippen molar-refractivity contribution in [3.8, 4) is 0 Å². The Balaban J connectivity index is 2.12. The summed E-state index contributed by atoms with van der Waals surface area (Å²) in [4.78, 5) is 18.5. The van der Waals surface area contributed by atoms with Crippen molar-refractivity contribution in [2.75, 3.05) is 5.32 Å². The highest BCUT2D eigenvalue weighted by atomic mass is 16.4. The smallest absolute Gasteiger partial charge is 0.358 e. The zero-order chi connectivity index (χ0) is 11.4. The van der Waals surface area contributed by atoms with Crippen LogP contribution in [0.4, 0.5) is 5.82 Å². The number of nitrogens with zero attached hydrogens (tertiary/aromatic N) is 2. The molecule has 0 fully saturated rings. The van der Waals surface area contributed by atoms with Crippen molar-refractivity contribution in [2.45, 2.75) is 6.54 Å². The van der Waals surface area contributed by atoms with Crippen molar-refractivity contribution in [1.29, 1.82) is 0 Å². The SMILES string of the molecule is O=C(O)c1nccnc1NCc1ccoc1. The third kappa shape index (κ3) is 2.17. The van der Waals surface area contributed by atoms with E-state index in [9.17, 15) is 4.79 Å². The van der Waals surface area contributed by atoms with Crippen molar-refractivity contribution in [1.82, 2.24) is 9.97 Å². The van der Waals surface area contributed by atoms with E-state index >= 15 is 0 Å². The lowest BCUT2D eigenvalue weighted by Crippen LogP contribution is -2.09. The van der Waals surface area contributed by atoms with Crippen LogP contribution in [0.25, 0.3) is 0 Å². The molecule has 0 radical (unpaired) electrons. The molecule has 2 aromatic heterocycles. The second kappa shape index (κ2) is 4.43. The van der Waals surface area contributed by atoms with E-state index < -0.39 is 5.97 Å². The third-order valence-electron chi connectivity index (χ3n) is 1.94. The molecule has 0 aromatic carbocycles. The number of anilines is 1. The number of furan rings is 1. The van der Waals surface area contributed by atoms with E-state index in [2.05, 4.69) is 15.3 Å². The molecule has 0 amide bonds. The average molecular weight is 219 g/mol. The van der Waals surface area contributed by atoms with Gasteiger partial charge in [-0.15, -0.1) is 0 Å². The molecule has 6 heteroatoms. The molecule has 0 saturated carbocycles. The summed E-state index contributed by atoms with van der Waals surface area (Å²) in [7, 11) is 0. The Kier molecular flexibility index (Phi) is 2.81. The van der Waals surface area contributed by atoms with Gasteiger partial charge in [0.2, 0.25) is 0 Å². The number of carbonyl (C=O) groups is 1. The molecule has 2 N–H and O–H groups in total. The summed E-state index contributed by atoms with van der Waals surface area (Å²) < 4.78 is 4.89. The van der Waals surface area contributed by atoms with Gasteiger partial charge in [0.1, 0.15) is 0 Å². The van der Waals surface area contributed by atoms with Crippen molar-refractivity contribution in [3.05, 3.63) is 42.2 Å². The van der Waals surface area contributed by atoms with E-state index in [1.165, 1.54) is 12.4 Å². The van der Waals surface area contributed by atoms with Gasteiger partial charge in [0.25, 0.3) is 0 Å². The lowest BCUT2D eigenvalue weighted by atomic mass is 10.3. The molecule has 16 heavy (non-hydrogen) atoms. The summed E-state index contributed by atoms with van der Waals surface area (Å²) in [5.74, 6) is -0.862. The van der Waals surface area contributed by atoms with Gasteiger partial charge in [-0.2, -0.15) is 0 Å². The maximum absolute atomic E-state index is 10.8. The minimum absolute atomic E-state index is 0.0917. The Bertz CT molecular complexity index is 482. The highest BCUT2D eigenvalue weighted by Crippen LogP contribution is 2.10. The summed E-state index contributed by atoms with van der Waals surface area (Å²) >= 11 is 0. The first-order chi connectivity index (χ1) is 7.77. The molecular weight excluding hydrogens is 210 g/mol. The van der Waals surface area contributed by atoms with Gasteiger partial charge >= 0.3 is 5.97 Å². The van der Waals surface area contributed by atoms with Gasteiger partial charge in [-0.3, -0.25) is 0 Å². The number of hydrogen-bond donors (Lipinski definition) is 2. The second-order valence-corrected chi connectivity index (χ2v) is 3.04. The van der Waals surface area contributed by atoms with Crippen LogP contribution in [-0.4, -0.2) is 21.0 Å². The fourth-order valence-electron chi connectivity index (χ4n) is 1.20. The van der Waals surface area contributed by atoms with Crippen LogP contribution in [0.15, 0.2) is 35.4 Å². The van der Waals surface area contributed by atoms with E-state index in [1.807, 2.05) is 0 Å². The van der Waals surface area contributed by atoms with Gasteiger partial charge in [0, 0.05) is 24.5 Å². The zero-order valence-corrected chi connectivity index (χ0v) is 8.25. The Morgan fingerprint density at radius 2 is 2.25 bits per heavy atom. The number of hydrogen-bond acceptors (Lipinski definition) is 5. The minimum atomic E-state index is -1.11. The van der Waals surface area contributed by atoms with Crippen LogP contribution in [0.1, 0.15) is 16.1 Å². The molecule has 0 unspecified atom stereocenters. The maximum Gasteiger partial charge on any atom is 0.358 e. The number of nitrogens with one attached hydrogen (secondary N) is 1. The summed E-state index contributed by atoms with van der Waals surface area (Å²) in [6, 6.07) is 1.78. The number of rotatable bonds is 4. The third-order valence-corrected chi connectivity index (χ3v) is 1.94. The van der Waals surface area contributed by atoms with Crippen LogP contribution < -0.4 is 5.32 Å². The molecule has 0 aliphatic rings. The van der Waals surface area contributed by atoms with E-state index in [1.54, 1.807) is 18.6 Å². The minimum Gasteiger partial charge on any atom is -0.476 e. The average Bonchev–Trinajstić information content (AvgIpc) is 2.79. The highest BCUT2D eigenvalue weighted by molar-refractivity contribution is 5.90. The molecule has 2 rings (SSSR count). The van der Waals surface area contributed by atoms with Crippen LogP contribution in [0.2, 0.25) is 0 Å². The predicted octanol–water partition coefficient (Wildman–Crippen LogP) is 1.38. The molecule has 0 spiro atoms. The second-order valence-electron chi connectivity index (χ2n) is 3.04. The summed E-state index contributed by atoms with van der Waals surface area (Å²) in [6.07, 6.45) is 5.90. The van der Waals surface area contributed by atoms with Crippen molar-refractivity contribution in [2.24, 2.45) is 0 Å². The van der Waals surface area contributed by atoms with Gasteiger partial charge in [-0.25, -0.2) is 14.8 Å². The fraction of sp³-hybridized carbons (Fsp3) is 0.100. The molecule has 0 aliphatic carbocycles. The quantitative estimate of drug-likeness (QED) is 0.807. The van der Waals surface area contributed by atoms with Gasteiger partial charge in [0.05, 0.1) is 12.5 Å². The Labute approximate surface area is 91.0 Å². The van der Waals surface area contributed by atoms with Crippen LogP contribution in [-0.2, 0) is 6.54 Å². The summed E-state index contributed by atoms with van der Waals surface area (Å²) in [6.45, 7) is 0.440. The predicted molar refractivity (Wildman–Crippen MR) is 55.0 cm³/mol. The standard InChI is InChI=1S/C10H9N3O3/c14-10(15)8-9(12-3-2-11-8)13-5-7-1-4-16-6-7/h1-4,6H,5H2,(H,12,13)(H,14,15). The largest absolute Gasteiger partial charge is 0.476 e. The van der Waals surface area contributed by atoms with Crippen LogP contribution in [0.3, 0.4) is 0 Å². The Hall–Kier alpha value is -2.37. The molecule has 2 aromatic rings. The van der Waals surface area contributed by atoms with Crippen molar-refractivity contribution >= 4 is 11.8 Å². The van der Waals surface area contributed by atoms with E-state index in [0.717, 1.165) is 5.56 Å². The van der Waals surface area contributed by atoms with E-state index in [-0.39, 0.29) is 11.5 Å². The van der Waals surface area contributed by atoms with E-state index in [4.69, 9.17) is 9.52 Å². The number of carboxylic acid groups (broad SMARTS) is 1. The normalized spacial score (nSPS) is 10.0. The molecule has 2 heterocycles. The van der Waals surface area contributed by atoms with Gasteiger partial charge < -0.3 is 14.8 Å². The van der Waals surface area contributed by atoms with Gasteiger partial charge in [-0.1, -0.05) is 0 Å². The Morgan fingerprint density at radius 1 is 1.44 bits per heavy atom. The monoisotopic (exact) mass is 219 g/mol. The summed E-state index contributed by atoms with van der Waals surface area (Å²) in [5.41, 5.74) is 0.813. The van der Waals surface area contributed by atoms with E-state index in [0.29, 0.717) is 6.54 Å². The van der Waals surface area contributed by atoms with Crippen molar-refractivity contribution in [3.63, 3.8) is 0 Å². The summed E-state index contributed by atoms with van der Waals surface area (Å²) in [5, 5.41) is 11.7. The number of carboxylic acids is 1. The molecule has 0 aliphatic heterocycles. The lowest BCUT2D eigenvalue weighted by molar-refractivity contribution is 0.0691. The lowest BCUT2D eigenvalue weighted by Gasteiger charge is -2.05. The highest BCUT2D eigenvalue weighted by Gasteiger charge is 2.11. The number of aromatic carboxylic acids is 1. The first kappa shape index (κ1) is 10.2.